The van der Waals surface area contributed by atoms with E-state index in [9.17, 15) is 0 Å². The Labute approximate surface area is 80.9 Å². The molecule has 0 bridgehead atoms. The molecule has 0 spiro atoms. The fourth-order valence-corrected chi connectivity index (χ4v) is 1.40. The summed E-state index contributed by atoms with van der Waals surface area (Å²) in [7, 11) is 1.64. The van der Waals surface area contributed by atoms with Gasteiger partial charge in [-0.05, 0) is 18.2 Å². The van der Waals surface area contributed by atoms with Gasteiger partial charge in [0.05, 0.1) is 7.11 Å². The first-order valence-electron chi connectivity index (χ1n) is 3.54. The molecule has 0 aliphatic carbocycles. The summed E-state index contributed by atoms with van der Waals surface area (Å²) in [6.07, 6.45) is 5.81. The maximum absolute atomic E-state index is 5.21. The molecule has 0 aliphatic heterocycles. The Morgan fingerprint density at radius 3 is 2.92 bits per heavy atom. The zero-order valence-electron chi connectivity index (χ0n) is 6.80. The topological polar surface area (TPSA) is 9.23 Å². The lowest BCUT2D eigenvalue weighted by molar-refractivity contribution is 0.411. The van der Waals surface area contributed by atoms with Gasteiger partial charge in [0, 0.05) is 16.5 Å². The third-order valence-corrected chi connectivity index (χ3v) is 2.03. The molecule has 0 aliphatic rings. The molecule has 1 aromatic rings. The second kappa shape index (κ2) is 4.18. The van der Waals surface area contributed by atoms with Crippen molar-refractivity contribution in [1.29, 1.82) is 0 Å². The van der Waals surface area contributed by atoms with Crippen LogP contribution in [0.3, 0.4) is 0 Å². The quantitative estimate of drug-likeness (QED) is 0.703. The van der Waals surface area contributed by atoms with Gasteiger partial charge in [-0.2, -0.15) is 0 Å². The van der Waals surface area contributed by atoms with Crippen LogP contribution < -0.4 is 4.74 Å². The van der Waals surface area contributed by atoms with E-state index in [0.717, 1.165) is 15.8 Å². The zero-order valence-corrected chi connectivity index (χ0v) is 8.39. The average molecular weight is 225 g/mol. The molecule has 12 heavy (non-hydrogen) atoms. The van der Waals surface area contributed by atoms with Crippen LogP contribution in [0.5, 0.6) is 5.75 Å². The zero-order chi connectivity index (χ0) is 8.97. The third-order valence-electron chi connectivity index (χ3n) is 1.53. The third kappa shape index (κ3) is 2.02. The molecule has 0 saturated heterocycles. The van der Waals surface area contributed by atoms with Crippen LogP contribution in [0.25, 0.3) is 0 Å². The van der Waals surface area contributed by atoms with Crippen LogP contribution >= 0.6 is 15.9 Å². The Balaban J connectivity index is 3.05. The van der Waals surface area contributed by atoms with Crippen molar-refractivity contribution in [2.75, 3.05) is 7.11 Å². The van der Waals surface area contributed by atoms with Crippen LogP contribution in [0, 0.1) is 12.3 Å². The van der Waals surface area contributed by atoms with Crippen molar-refractivity contribution < 1.29 is 4.74 Å². The maximum Gasteiger partial charge on any atom is 0.123 e. The molecule has 0 atom stereocenters. The van der Waals surface area contributed by atoms with Crippen molar-refractivity contribution in [3.05, 3.63) is 28.2 Å². The minimum atomic E-state index is 0.600. The minimum absolute atomic E-state index is 0.600. The highest BCUT2D eigenvalue weighted by Crippen LogP contribution is 2.22. The van der Waals surface area contributed by atoms with Gasteiger partial charge in [0.1, 0.15) is 5.75 Å². The van der Waals surface area contributed by atoms with E-state index in [-0.39, 0.29) is 0 Å². The Hall–Kier alpha value is -0.940. The molecule has 1 nitrogen and oxygen atoms in total. The maximum atomic E-state index is 5.21. The Kier molecular flexibility index (Phi) is 3.19. The van der Waals surface area contributed by atoms with Gasteiger partial charge < -0.3 is 4.74 Å². The van der Waals surface area contributed by atoms with Crippen LogP contribution in [0.1, 0.15) is 5.56 Å². The Bertz CT molecular complexity index is 312. The first-order valence-corrected chi connectivity index (χ1v) is 4.33. The SMILES string of the molecule is C#CCc1cc(Br)ccc1OC. The second-order valence-corrected chi connectivity index (χ2v) is 3.25. The van der Waals surface area contributed by atoms with Crippen molar-refractivity contribution in [2.45, 2.75) is 6.42 Å². The number of hydrogen-bond donors (Lipinski definition) is 0. The van der Waals surface area contributed by atoms with Gasteiger partial charge in [-0.25, -0.2) is 0 Å². The number of terminal acetylenes is 1. The van der Waals surface area contributed by atoms with Crippen LogP contribution in [-0.4, -0.2) is 7.11 Å². The van der Waals surface area contributed by atoms with Gasteiger partial charge in [0.15, 0.2) is 0 Å². The molecule has 0 N–H and O–H groups in total. The predicted octanol–water partition coefficient (Wildman–Crippen LogP) is 2.63. The molecule has 0 fully saturated rings. The van der Waals surface area contributed by atoms with Crippen molar-refractivity contribution in [1.82, 2.24) is 0 Å². The lowest BCUT2D eigenvalue weighted by atomic mass is 10.1. The minimum Gasteiger partial charge on any atom is -0.496 e. The molecular formula is C10H9BrO. The Morgan fingerprint density at radius 1 is 1.58 bits per heavy atom. The van der Waals surface area contributed by atoms with Gasteiger partial charge in [0.2, 0.25) is 0 Å². The van der Waals surface area contributed by atoms with E-state index < -0.39 is 0 Å². The summed E-state index contributed by atoms with van der Waals surface area (Å²) in [6.45, 7) is 0. The fourth-order valence-electron chi connectivity index (χ4n) is 0.995. The van der Waals surface area contributed by atoms with Crippen LogP contribution in [0.2, 0.25) is 0 Å². The molecule has 0 unspecified atom stereocenters. The van der Waals surface area contributed by atoms with E-state index in [1.165, 1.54) is 0 Å². The molecule has 1 rings (SSSR count). The summed E-state index contributed by atoms with van der Waals surface area (Å²) in [5.74, 6) is 3.43. The highest BCUT2D eigenvalue weighted by Gasteiger charge is 2.00. The molecule has 0 heterocycles. The first-order chi connectivity index (χ1) is 5.77. The summed E-state index contributed by atoms with van der Waals surface area (Å²) in [6, 6.07) is 5.80. The van der Waals surface area contributed by atoms with E-state index in [0.29, 0.717) is 6.42 Å². The predicted molar refractivity (Wildman–Crippen MR) is 53.2 cm³/mol. The van der Waals surface area contributed by atoms with Crippen molar-refractivity contribution in [2.24, 2.45) is 0 Å². The summed E-state index contributed by atoms with van der Waals surface area (Å²) >= 11 is 3.37. The van der Waals surface area contributed by atoms with Gasteiger partial charge in [0.25, 0.3) is 0 Å². The van der Waals surface area contributed by atoms with E-state index in [2.05, 4.69) is 21.9 Å². The molecule has 0 saturated carbocycles. The van der Waals surface area contributed by atoms with Gasteiger partial charge in [-0.3, -0.25) is 0 Å². The summed E-state index contributed by atoms with van der Waals surface area (Å²) in [5, 5.41) is 0. The summed E-state index contributed by atoms with van der Waals surface area (Å²) in [5.41, 5.74) is 1.04. The van der Waals surface area contributed by atoms with E-state index >= 15 is 0 Å². The number of rotatable bonds is 2. The molecule has 1 aromatic carbocycles. The molecule has 2 heteroatoms. The highest BCUT2D eigenvalue weighted by atomic mass is 79.9. The van der Waals surface area contributed by atoms with Crippen LogP contribution in [-0.2, 0) is 6.42 Å². The average Bonchev–Trinajstić information content (AvgIpc) is 2.05. The van der Waals surface area contributed by atoms with Crippen LogP contribution in [0.15, 0.2) is 22.7 Å². The van der Waals surface area contributed by atoms with Crippen molar-refractivity contribution >= 4 is 15.9 Å². The number of hydrogen-bond acceptors (Lipinski definition) is 1. The molecular weight excluding hydrogens is 216 g/mol. The number of ether oxygens (including phenoxy) is 1. The molecule has 0 radical (unpaired) electrons. The van der Waals surface area contributed by atoms with Gasteiger partial charge >= 0.3 is 0 Å². The lowest BCUT2D eigenvalue weighted by Crippen LogP contribution is -1.90. The first kappa shape index (κ1) is 9.15. The van der Waals surface area contributed by atoms with Gasteiger partial charge in [-0.15, -0.1) is 12.3 Å². The smallest absolute Gasteiger partial charge is 0.123 e. The number of benzene rings is 1. The number of halogens is 1. The van der Waals surface area contributed by atoms with Crippen molar-refractivity contribution in [3.63, 3.8) is 0 Å². The van der Waals surface area contributed by atoms with Gasteiger partial charge in [-0.1, -0.05) is 15.9 Å². The van der Waals surface area contributed by atoms with E-state index in [4.69, 9.17) is 11.2 Å². The van der Waals surface area contributed by atoms with Crippen LogP contribution in [0.4, 0.5) is 0 Å². The fraction of sp³-hybridized carbons (Fsp3) is 0.200. The molecule has 0 amide bonds. The Morgan fingerprint density at radius 2 is 2.33 bits per heavy atom. The monoisotopic (exact) mass is 224 g/mol. The summed E-state index contributed by atoms with van der Waals surface area (Å²) in [4.78, 5) is 0. The lowest BCUT2D eigenvalue weighted by Gasteiger charge is -2.05. The normalized spacial score (nSPS) is 9.08. The largest absolute Gasteiger partial charge is 0.496 e. The highest BCUT2D eigenvalue weighted by molar-refractivity contribution is 9.10. The van der Waals surface area contributed by atoms with E-state index in [1.807, 2.05) is 18.2 Å². The summed E-state index contributed by atoms with van der Waals surface area (Å²) < 4.78 is 6.16. The molecule has 62 valence electrons. The standard InChI is InChI=1S/C10H9BrO/c1-3-4-8-7-9(11)5-6-10(8)12-2/h1,5-7H,4H2,2H3. The van der Waals surface area contributed by atoms with Crippen molar-refractivity contribution in [3.8, 4) is 18.1 Å². The second-order valence-electron chi connectivity index (χ2n) is 2.34. The van der Waals surface area contributed by atoms with E-state index in [1.54, 1.807) is 7.11 Å². The number of methoxy groups -OCH3 is 1. The molecule has 0 aromatic heterocycles.